The van der Waals surface area contributed by atoms with Crippen molar-refractivity contribution in [3.63, 3.8) is 0 Å². The fourth-order valence-corrected chi connectivity index (χ4v) is 3.11. The van der Waals surface area contributed by atoms with Crippen LogP contribution in [0.3, 0.4) is 0 Å². The number of ketones is 1. The molecule has 1 saturated heterocycles. The standard InChI is InChI=1S/C15H30N2O6S/c1-16-10(12(19)8-24-2)5-3-4-6-17-9-15(22)14(21)13(20)11(18)7-23-15/h10-11,13-14,16-18,20-22H,3-9H2,1-2H3. The molecule has 8 nitrogen and oxygen atoms in total. The lowest BCUT2D eigenvalue weighted by Gasteiger charge is -2.41. The van der Waals surface area contributed by atoms with Crippen molar-refractivity contribution >= 4 is 17.5 Å². The van der Waals surface area contributed by atoms with Crippen molar-refractivity contribution in [3.05, 3.63) is 0 Å². The van der Waals surface area contributed by atoms with Crippen LogP contribution in [0.5, 0.6) is 0 Å². The quantitative estimate of drug-likeness (QED) is 0.231. The van der Waals surface area contributed by atoms with Gasteiger partial charge in [0.2, 0.25) is 5.79 Å². The summed E-state index contributed by atoms with van der Waals surface area (Å²) in [5, 5.41) is 45.0. The minimum atomic E-state index is -1.92. The number of thioether (sulfide) groups is 1. The molecule has 5 atom stereocenters. The number of carbonyl (C=O) groups is 1. The molecule has 0 aromatic rings. The zero-order valence-corrected chi connectivity index (χ0v) is 15.1. The van der Waals surface area contributed by atoms with Crippen LogP contribution in [0.4, 0.5) is 0 Å². The maximum atomic E-state index is 11.8. The second-order valence-electron chi connectivity index (χ2n) is 6.07. The van der Waals surface area contributed by atoms with E-state index in [9.17, 15) is 25.2 Å². The molecule has 0 spiro atoms. The van der Waals surface area contributed by atoms with E-state index >= 15 is 0 Å². The lowest BCUT2D eigenvalue weighted by Crippen LogP contribution is -2.64. The highest BCUT2D eigenvalue weighted by atomic mass is 32.2. The SMILES string of the molecule is CNC(CCCCNCC1(O)OCC(O)C(O)C1O)C(=O)CSC. The molecule has 1 fully saturated rings. The van der Waals surface area contributed by atoms with Gasteiger partial charge in [-0.2, -0.15) is 11.8 Å². The van der Waals surface area contributed by atoms with Crippen molar-refractivity contribution in [2.75, 3.05) is 38.8 Å². The molecule has 1 aliphatic rings. The van der Waals surface area contributed by atoms with Crippen LogP contribution >= 0.6 is 11.8 Å². The van der Waals surface area contributed by atoms with E-state index in [0.29, 0.717) is 12.3 Å². The summed E-state index contributed by atoms with van der Waals surface area (Å²) in [6.07, 6.45) is 0.0424. The van der Waals surface area contributed by atoms with Gasteiger partial charge in [-0.05, 0) is 32.7 Å². The Labute approximate surface area is 147 Å². The summed E-state index contributed by atoms with van der Waals surface area (Å²) in [5.74, 6) is -1.22. The van der Waals surface area contributed by atoms with Crippen LogP contribution in [0.15, 0.2) is 0 Å². The van der Waals surface area contributed by atoms with Crippen molar-refractivity contribution in [2.24, 2.45) is 0 Å². The zero-order chi connectivity index (χ0) is 18.2. The van der Waals surface area contributed by atoms with Crippen LogP contribution in [0, 0.1) is 0 Å². The van der Waals surface area contributed by atoms with Gasteiger partial charge in [0.25, 0.3) is 0 Å². The lowest BCUT2D eigenvalue weighted by molar-refractivity contribution is -0.317. The number of nitrogens with one attached hydrogen (secondary N) is 2. The Bertz CT molecular complexity index is 389. The Kier molecular flexibility index (Phi) is 9.68. The maximum absolute atomic E-state index is 11.8. The van der Waals surface area contributed by atoms with Gasteiger partial charge >= 0.3 is 0 Å². The van der Waals surface area contributed by atoms with Crippen molar-refractivity contribution in [2.45, 2.75) is 49.4 Å². The maximum Gasteiger partial charge on any atom is 0.207 e. The molecule has 0 radical (unpaired) electrons. The Morgan fingerprint density at radius 1 is 1.38 bits per heavy atom. The molecule has 0 aromatic heterocycles. The molecule has 0 saturated carbocycles. The minimum Gasteiger partial charge on any atom is -0.388 e. The number of Topliss-reactive ketones (excluding diaryl/α,β-unsaturated/α-hetero) is 1. The molecule has 0 aliphatic carbocycles. The minimum absolute atomic E-state index is 0.0567. The van der Waals surface area contributed by atoms with Crippen LogP contribution < -0.4 is 10.6 Å². The highest BCUT2D eigenvalue weighted by molar-refractivity contribution is 7.99. The number of hydrogen-bond acceptors (Lipinski definition) is 9. The van der Waals surface area contributed by atoms with Gasteiger partial charge in [0.05, 0.1) is 24.9 Å². The molecule has 1 aliphatic heterocycles. The van der Waals surface area contributed by atoms with E-state index in [1.54, 1.807) is 7.05 Å². The number of hydrogen-bond donors (Lipinski definition) is 6. The second-order valence-corrected chi connectivity index (χ2v) is 6.94. The normalized spacial score (nSPS) is 31.8. The smallest absolute Gasteiger partial charge is 0.207 e. The topological polar surface area (TPSA) is 131 Å². The first-order chi connectivity index (χ1) is 11.4. The Hall–Kier alpha value is -0.260. The molecule has 0 bridgehead atoms. The molecule has 1 rings (SSSR count). The van der Waals surface area contributed by atoms with Gasteiger partial charge in [-0.15, -0.1) is 0 Å². The number of unbranched alkanes of at least 4 members (excludes halogenated alkanes) is 1. The summed E-state index contributed by atoms with van der Waals surface area (Å²) in [6.45, 7) is 0.279. The van der Waals surface area contributed by atoms with Crippen molar-refractivity contribution in [1.29, 1.82) is 0 Å². The Morgan fingerprint density at radius 3 is 2.71 bits per heavy atom. The highest BCUT2D eigenvalue weighted by Crippen LogP contribution is 2.23. The predicted molar refractivity (Wildman–Crippen MR) is 91.9 cm³/mol. The van der Waals surface area contributed by atoms with Gasteiger partial charge in [-0.25, -0.2) is 0 Å². The monoisotopic (exact) mass is 366 g/mol. The fourth-order valence-electron chi connectivity index (χ4n) is 2.62. The zero-order valence-electron chi connectivity index (χ0n) is 14.3. The average Bonchev–Trinajstić information content (AvgIpc) is 2.56. The Morgan fingerprint density at radius 2 is 2.08 bits per heavy atom. The summed E-state index contributed by atoms with van der Waals surface area (Å²) < 4.78 is 5.06. The summed E-state index contributed by atoms with van der Waals surface area (Å²) >= 11 is 1.51. The van der Waals surface area contributed by atoms with Gasteiger partial charge < -0.3 is 35.8 Å². The van der Waals surface area contributed by atoms with Gasteiger partial charge in [-0.1, -0.05) is 6.42 Å². The van der Waals surface area contributed by atoms with E-state index in [0.717, 1.165) is 19.3 Å². The van der Waals surface area contributed by atoms with Gasteiger partial charge in [0.1, 0.15) is 18.3 Å². The molecule has 0 amide bonds. The molecule has 142 valence electrons. The number of carbonyl (C=O) groups excluding carboxylic acids is 1. The summed E-state index contributed by atoms with van der Waals surface area (Å²) in [4.78, 5) is 11.8. The van der Waals surface area contributed by atoms with Crippen LogP contribution in [0.25, 0.3) is 0 Å². The van der Waals surface area contributed by atoms with Crippen molar-refractivity contribution in [3.8, 4) is 0 Å². The molecular weight excluding hydrogens is 336 g/mol. The first kappa shape index (κ1) is 21.8. The van der Waals surface area contributed by atoms with Crippen LogP contribution in [0.2, 0.25) is 0 Å². The van der Waals surface area contributed by atoms with Crippen LogP contribution in [0.1, 0.15) is 19.3 Å². The van der Waals surface area contributed by atoms with E-state index in [2.05, 4.69) is 10.6 Å². The summed E-state index contributed by atoms with van der Waals surface area (Å²) in [5.41, 5.74) is 0. The number of likely N-dealkylation sites (N-methyl/N-ethyl adjacent to an activating group) is 1. The van der Waals surface area contributed by atoms with E-state index in [4.69, 9.17) is 4.74 Å². The fraction of sp³-hybridized carbons (Fsp3) is 0.933. The van der Waals surface area contributed by atoms with E-state index in [1.807, 2.05) is 6.26 Å². The largest absolute Gasteiger partial charge is 0.388 e. The summed E-state index contributed by atoms with van der Waals surface area (Å²) in [6, 6.07) is -0.137. The molecule has 6 N–H and O–H groups in total. The third-order valence-corrected chi connectivity index (χ3v) is 4.76. The van der Waals surface area contributed by atoms with E-state index in [-0.39, 0.29) is 25.0 Å². The Balaban J connectivity index is 2.23. The van der Waals surface area contributed by atoms with E-state index < -0.39 is 24.1 Å². The first-order valence-corrected chi connectivity index (χ1v) is 9.55. The molecule has 5 unspecified atom stereocenters. The molecule has 1 heterocycles. The number of rotatable bonds is 11. The van der Waals surface area contributed by atoms with Crippen molar-refractivity contribution < 1.29 is 30.0 Å². The summed E-state index contributed by atoms with van der Waals surface area (Å²) in [7, 11) is 1.78. The van der Waals surface area contributed by atoms with Crippen LogP contribution in [-0.4, -0.2) is 95.1 Å². The number of aliphatic hydroxyl groups excluding tert-OH is 3. The van der Waals surface area contributed by atoms with E-state index in [1.165, 1.54) is 11.8 Å². The van der Waals surface area contributed by atoms with Gasteiger partial charge in [0.15, 0.2) is 5.78 Å². The van der Waals surface area contributed by atoms with Crippen molar-refractivity contribution in [1.82, 2.24) is 10.6 Å². The average molecular weight is 366 g/mol. The predicted octanol–water partition coefficient (Wildman–Crippen LogP) is -1.93. The third-order valence-electron chi connectivity index (χ3n) is 4.18. The third kappa shape index (κ3) is 6.23. The first-order valence-electron chi connectivity index (χ1n) is 8.16. The molecular formula is C15H30N2O6S. The number of aliphatic hydroxyl groups is 4. The second kappa shape index (κ2) is 10.7. The number of ether oxygens (including phenoxy) is 1. The highest BCUT2D eigenvalue weighted by Gasteiger charge is 2.47. The molecule has 9 heteroatoms. The molecule has 24 heavy (non-hydrogen) atoms. The lowest BCUT2D eigenvalue weighted by atomic mass is 9.97. The molecule has 0 aromatic carbocycles. The van der Waals surface area contributed by atoms with Gasteiger partial charge in [0, 0.05) is 0 Å². The van der Waals surface area contributed by atoms with Gasteiger partial charge in [-0.3, -0.25) is 4.79 Å². The van der Waals surface area contributed by atoms with Crippen LogP contribution in [-0.2, 0) is 9.53 Å².